The van der Waals surface area contributed by atoms with Gasteiger partial charge in [0.15, 0.2) is 0 Å². The molecular formula is C12H16O2. The number of aliphatic hydroxyl groups excluding tert-OH is 1. The SMILES string of the molecule is COc1ccc2c(c1)C(C)(CO)CC2. The fourth-order valence-corrected chi connectivity index (χ4v) is 2.17. The Kier molecular flexibility index (Phi) is 2.23. The summed E-state index contributed by atoms with van der Waals surface area (Å²) >= 11 is 0. The van der Waals surface area contributed by atoms with Gasteiger partial charge in [0.2, 0.25) is 0 Å². The lowest BCUT2D eigenvalue weighted by Gasteiger charge is -2.22. The Labute approximate surface area is 84.5 Å². The van der Waals surface area contributed by atoms with Crippen molar-refractivity contribution in [3.8, 4) is 5.75 Å². The van der Waals surface area contributed by atoms with E-state index in [2.05, 4.69) is 19.1 Å². The molecule has 0 fully saturated rings. The third-order valence-corrected chi connectivity index (χ3v) is 3.26. The summed E-state index contributed by atoms with van der Waals surface area (Å²) in [5.74, 6) is 0.880. The second kappa shape index (κ2) is 3.28. The first-order valence-electron chi connectivity index (χ1n) is 4.98. The minimum atomic E-state index is -0.0656. The number of aryl methyl sites for hydroxylation is 1. The first-order chi connectivity index (χ1) is 6.69. The molecule has 0 heterocycles. The molecular weight excluding hydrogens is 176 g/mol. The molecule has 0 spiro atoms. The molecule has 1 aromatic carbocycles. The topological polar surface area (TPSA) is 29.5 Å². The van der Waals surface area contributed by atoms with Gasteiger partial charge in [0.25, 0.3) is 0 Å². The van der Waals surface area contributed by atoms with Crippen LogP contribution in [-0.4, -0.2) is 18.8 Å². The van der Waals surface area contributed by atoms with E-state index in [9.17, 15) is 5.11 Å². The van der Waals surface area contributed by atoms with Crippen molar-refractivity contribution in [2.24, 2.45) is 0 Å². The van der Waals surface area contributed by atoms with Crippen LogP contribution in [0.2, 0.25) is 0 Å². The molecule has 2 nitrogen and oxygen atoms in total. The highest BCUT2D eigenvalue weighted by molar-refractivity contribution is 5.44. The summed E-state index contributed by atoms with van der Waals surface area (Å²) in [5, 5.41) is 9.39. The quantitative estimate of drug-likeness (QED) is 0.775. The van der Waals surface area contributed by atoms with Crippen LogP contribution in [0.1, 0.15) is 24.5 Å². The van der Waals surface area contributed by atoms with Crippen molar-refractivity contribution in [3.05, 3.63) is 29.3 Å². The van der Waals surface area contributed by atoms with E-state index in [-0.39, 0.29) is 12.0 Å². The lowest BCUT2D eigenvalue weighted by molar-refractivity contribution is 0.205. The van der Waals surface area contributed by atoms with Crippen LogP contribution in [0.5, 0.6) is 5.75 Å². The van der Waals surface area contributed by atoms with Crippen molar-refractivity contribution in [2.45, 2.75) is 25.2 Å². The fraction of sp³-hybridized carbons (Fsp3) is 0.500. The van der Waals surface area contributed by atoms with Gasteiger partial charge in [0, 0.05) is 5.41 Å². The molecule has 0 amide bonds. The molecule has 2 heteroatoms. The summed E-state index contributed by atoms with van der Waals surface area (Å²) in [6.45, 7) is 2.32. The molecule has 0 aromatic heterocycles. The Bertz CT molecular complexity index is 346. The smallest absolute Gasteiger partial charge is 0.119 e. The Morgan fingerprint density at radius 2 is 2.29 bits per heavy atom. The van der Waals surface area contributed by atoms with Crippen LogP contribution >= 0.6 is 0 Å². The molecule has 1 atom stereocenters. The van der Waals surface area contributed by atoms with Crippen molar-refractivity contribution in [2.75, 3.05) is 13.7 Å². The summed E-state index contributed by atoms with van der Waals surface area (Å²) in [7, 11) is 1.67. The first-order valence-corrected chi connectivity index (χ1v) is 4.98. The maximum atomic E-state index is 9.39. The van der Waals surface area contributed by atoms with E-state index < -0.39 is 0 Å². The fourth-order valence-electron chi connectivity index (χ4n) is 2.17. The third-order valence-electron chi connectivity index (χ3n) is 3.26. The number of hydrogen-bond acceptors (Lipinski definition) is 2. The monoisotopic (exact) mass is 192 g/mol. The van der Waals surface area contributed by atoms with Gasteiger partial charge < -0.3 is 9.84 Å². The van der Waals surface area contributed by atoms with Gasteiger partial charge in [-0.15, -0.1) is 0 Å². The van der Waals surface area contributed by atoms with Gasteiger partial charge in [0.1, 0.15) is 5.75 Å². The van der Waals surface area contributed by atoms with E-state index in [1.165, 1.54) is 11.1 Å². The van der Waals surface area contributed by atoms with Crippen molar-refractivity contribution >= 4 is 0 Å². The average Bonchev–Trinajstić information content (AvgIpc) is 2.57. The van der Waals surface area contributed by atoms with Crippen molar-refractivity contribution in [1.82, 2.24) is 0 Å². The predicted octanol–water partition coefficient (Wildman–Crippen LogP) is 1.89. The zero-order valence-corrected chi connectivity index (χ0v) is 8.71. The highest BCUT2D eigenvalue weighted by Gasteiger charge is 2.33. The number of hydrogen-bond donors (Lipinski definition) is 1. The molecule has 1 aliphatic carbocycles. The Hall–Kier alpha value is -1.02. The first kappa shape index (κ1) is 9.53. The summed E-state index contributed by atoms with van der Waals surface area (Å²) in [4.78, 5) is 0. The van der Waals surface area contributed by atoms with Gasteiger partial charge in [-0.1, -0.05) is 13.0 Å². The van der Waals surface area contributed by atoms with Gasteiger partial charge in [0.05, 0.1) is 13.7 Å². The summed E-state index contributed by atoms with van der Waals surface area (Å²) in [6, 6.07) is 6.15. The normalized spacial score (nSPS) is 24.8. The van der Waals surface area contributed by atoms with Crippen LogP contribution in [0.3, 0.4) is 0 Å². The zero-order valence-electron chi connectivity index (χ0n) is 8.71. The molecule has 1 N–H and O–H groups in total. The molecule has 76 valence electrons. The summed E-state index contributed by atoms with van der Waals surface area (Å²) in [5.41, 5.74) is 2.53. The molecule has 1 aliphatic rings. The zero-order chi connectivity index (χ0) is 10.2. The molecule has 0 saturated heterocycles. The predicted molar refractivity (Wildman–Crippen MR) is 55.8 cm³/mol. The summed E-state index contributed by atoms with van der Waals surface area (Å²) in [6.07, 6.45) is 2.10. The lowest BCUT2D eigenvalue weighted by Crippen LogP contribution is -2.22. The molecule has 0 bridgehead atoms. The highest BCUT2D eigenvalue weighted by atomic mass is 16.5. The number of ether oxygens (including phenoxy) is 1. The Morgan fingerprint density at radius 1 is 1.50 bits per heavy atom. The maximum absolute atomic E-state index is 9.39. The lowest BCUT2D eigenvalue weighted by atomic mass is 9.85. The molecule has 0 saturated carbocycles. The second-order valence-corrected chi connectivity index (χ2v) is 4.24. The van der Waals surface area contributed by atoms with E-state index in [0.717, 1.165) is 18.6 Å². The number of benzene rings is 1. The molecule has 1 unspecified atom stereocenters. The number of rotatable bonds is 2. The number of methoxy groups -OCH3 is 1. The highest BCUT2D eigenvalue weighted by Crippen LogP contribution is 2.39. The van der Waals surface area contributed by atoms with E-state index in [1.54, 1.807) is 7.11 Å². The van der Waals surface area contributed by atoms with E-state index >= 15 is 0 Å². The second-order valence-electron chi connectivity index (χ2n) is 4.24. The molecule has 0 aliphatic heterocycles. The standard InChI is InChI=1S/C12H16O2/c1-12(8-13)6-5-9-3-4-10(14-2)7-11(9)12/h3-4,7,13H,5-6,8H2,1-2H3. The van der Waals surface area contributed by atoms with Crippen LogP contribution in [-0.2, 0) is 11.8 Å². The van der Waals surface area contributed by atoms with Crippen molar-refractivity contribution in [1.29, 1.82) is 0 Å². The Morgan fingerprint density at radius 3 is 2.93 bits per heavy atom. The van der Waals surface area contributed by atoms with Crippen molar-refractivity contribution < 1.29 is 9.84 Å². The molecule has 14 heavy (non-hydrogen) atoms. The van der Waals surface area contributed by atoms with E-state index in [1.807, 2.05) is 6.07 Å². The maximum Gasteiger partial charge on any atom is 0.119 e. The minimum Gasteiger partial charge on any atom is -0.497 e. The van der Waals surface area contributed by atoms with Crippen molar-refractivity contribution in [3.63, 3.8) is 0 Å². The molecule has 2 rings (SSSR count). The van der Waals surface area contributed by atoms with Crippen LogP contribution < -0.4 is 4.74 Å². The summed E-state index contributed by atoms with van der Waals surface area (Å²) < 4.78 is 5.20. The minimum absolute atomic E-state index is 0.0656. The van der Waals surface area contributed by atoms with E-state index in [4.69, 9.17) is 4.74 Å². The number of fused-ring (bicyclic) bond motifs is 1. The third kappa shape index (κ3) is 1.30. The molecule has 1 aromatic rings. The van der Waals surface area contributed by atoms with Gasteiger partial charge in [-0.2, -0.15) is 0 Å². The Balaban J connectivity index is 2.47. The van der Waals surface area contributed by atoms with Crippen LogP contribution in [0.15, 0.2) is 18.2 Å². The van der Waals surface area contributed by atoms with Gasteiger partial charge in [-0.25, -0.2) is 0 Å². The van der Waals surface area contributed by atoms with Gasteiger partial charge >= 0.3 is 0 Å². The van der Waals surface area contributed by atoms with Crippen LogP contribution in [0, 0.1) is 0 Å². The average molecular weight is 192 g/mol. The molecule has 0 radical (unpaired) electrons. The van der Waals surface area contributed by atoms with Crippen LogP contribution in [0.25, 0.3) is 0 Å². The number of aliphatic hydroxyl groups is 1. The van der Waals surface area contributed by atoms with Gasteiger partial charge in [-0.3, -0.25) is 0 Å². The van der Waals surface area contributed by atoms with Crippen LogP contribution in [0.4, 0.5) is 0 Å². The van der Waals surface area contributed by atoms with E-state index in [0.29, 0.717) is 0 Å². The largest absolute Gasteiger partial charge is 0.497 e. The van der Waals surface area contributed by atoms with Gasteiger partial charge in [-0.05, 0) is 36.1 Å².